The Morgan fingerprint density at radius 3 is 2.25 bits per heavy atom. The van der Waals surface area contributed by atoms with Crippen molar-refractivity contribution in [1.82, 2.24) is 28.5 Å². The largest absolute Gasteiger partial charge is 0.399 e. The molecule has 0 radical (unpaired) electrons. The second-order valence-corrected chi connectivity index (χ2v) is 10.6. The lowest BCUT2D eigenvalue weighted by Gasteiger charge is -2.29. The quantitative estimate of drug-likeness (QED) is 0.258. The van der Waals surface area contributed by atoms with Crippen molar-refractivity contribution in [3.8, 4) is 0 Å². The van der Waals surface area contributed by atoms with E-state index in [4.69, 9.17) is 10.7 Å². The van der Waals surface area contributed by atoms with Crippen molar-refractivity contribution in [3.63, 3.8) is 0 Å². The number of nitrogen functional groups attached to an aromatic ring is 1. The summed E-state index contributed by atoms with van der Waals surface area (Å²) in [7, 11) is 3.98. The van der Waals surface area contributed by atoms with Crippen molar-refractivity contribution in [3.05, 3.63) is 92.4 Å². The molecule has 0 fully saturated rings. The average molecular weight is 546 g/mol. The number of hydrogen-bond donors (Lipinski definition) is 1. The van der Waals surface area contributed by atoms with Crippen LogP contribution in [0.1, 0.15) is 50.3 Å². The molecule has 0 amide bonds. The van der Waals surface area contributed by atoms with Crippen LogP contribution in [0.5, 0.6) is 0 Å². The third-order valence-electron chi connectivity index (χ3n) is 7.70. The molecule has 2 N–H and O–H groups in total. The van der Waals surface area contributed by atoms with Gasteiger partial charge in [0.1, 0.15) is 5.82 Å². The topological polar surface area (TPSA) is 94.3 Å². The molecule has 0 aliphatic carbocycles. The van der Waals surface area contributed by atoms with Crippen LogP contribution in [0, 0.1) is 0 Å². The van der Waals surface area contributed by atoms with Crippen LogP contribution < -0.4 is 17.0 Å². The van der Waals surface area contributed by atoms with Gasteiger partial charge in [-0.15, -0.1) is 0 Å². The van der Waals surface area contributed by atoms with Crippen LogP contribution >= 0.6 is 0 Å². The molecule has 0 bridgehead atoms. The highest BCUT2D eigenvalue weighted by atomic mass is 16.2. The highest BCUT2D eigenvalue weighted by molar-refractivity contribution is 5.71. The van der Waals surface area contributed by atoms with Crippen LogP contribution in [0.4, 0.5) is 5.69 Å². The summed E-state index contributed by atoms with van der Waals surface area (Å²) in [5.74, 6) is 0.774. The van der Waals surface area contributed by atoms with E-state index in [2.05, 4.69) is 47.3 Å². The first-order valence-electron chi connectivity index (χ1n) is 14.3. The molecule has 1 atom stereocenters. The third kappa shape index (κ3) is 6.21. The number of rotatable bonds is 13. The van der Waals surface area contributed by atoms with Crippen molar-refractivity contribution in [2.75, 3.05) is 39.5 Å². The molecule has 9 nitrogen and oxygen atoms in total. The van der Waals surface area contributed by atoms with Crippen molar-refractivity contribution in [2.24, 2.45) is 0 Å². The lowest BCUT2D eigenvalue weighted by atomic mass is 10.1. The number of nitrogens with two attached hydrogens (primary N) is 1. The fraction of sp³-hybridized carbons (Fsp3) is 0.452. The van der Waals surface area contributed by atoms with Gasteiger partial charge in [-0.25, -0.2) is 9.78 Å². The maximum absolute atomic E-state index is 14.1. The Labute approximate surface area is 236 Å². The van der Waals surface area contributed by atoms with Gasteiger partial charge in [-0.2, -0.15) is 0 Å². The SMILES string of the molecule is CCN(CC)C(C)n1c(Cc2ccccc2)nc2c1c(=O)n(CCCN(C)C)c(=O)n2CCc1ccccc1N. The molecular weight excluding hydrogens is 502 g/mol. The number of nitrogens with zero attached hydrogens (tertiary/aromatic N) is 6. The van der Waals surface area contributed by atoms with Gasteiger partial charge in [0.25, 0.3) is 5.56 Å². The second kappa shape index (κ2) is 13.1. The Balaban J connectivity index is 1.95. The first kappa shape index (κ1) is 29.3. The first-order chi connectivity index (χ1) is 19.3. The summed E-state index contributed by atoms with van der Waals surface area (Å²) in [6, 6.07) is 17.8. The fourth-order valence-corrected chi connectivity index (χ4v) is 5.46. The van der Waals surface area contributed by atoms with Crippen molar-refractivity contribution < 1.29 is 0 Å². The van der Waals surface area contributed by atoms with E-state index in [1.807, 2.05) is 56.6 Å². The molecule has 2 aromatic carbocycles. The molecule has 2 aromatic heterocycles. The van der Waals surface area contributed by atoms with E-state index in [0.29, 0.717) is 49.2 Å². The zero-order valence-corrected chi connectivity index (χ0v) is 24.5. The van der Waals surface area contributed by atoms with Crippen molar-refractivity contribution in [2.45, 2.75) is 59.3 Å². The summed E-state index contributed by atoms with van der Waals surface area (Å²) in [5.41, 5.74) is 9.31. The Morgan fingerprint density at radius 1 is 0.925 bits per heavy atom. The summed E-state index contributed by atoms with van der Waals surface area (Å²) < 4.78 is 5.14. The number of fused-ring (bicyclic) bond motifs is 1. The van der Waals surface area contributed by atoms with Crippen LogP contribution in [-0.2, 0) is 25.9 Å². The van der Waals surface area contributed by atoms with Gasteiger partial charge < -0.3 is 15.2 Å². The molecule has 0 aliphatic heterocycles. The minimum atomic E-state index is -0.322. The normalized spacial score (nSPS) is 12.6. The second-order valence-electron chi connectivity index (χ2n) is 10.6. The van der Waals surface area contributed by atoms with Gasteiger partial charge in [0.2, 0.25) is 0 Å². The number of aryl methyl sites for hydroxylation is 2. The minimum Gasteiger partial charge on any atom is -0.399 e. The predicted molar refractivity (Wildman–Crippen MR) is 163 cm³/mol. The lowest BCUT2D eigenvalue weighted by molar-refractivity contribution is 0.172. The number of hydrogen-bond acceptors (Lipinski definition) is 6. The van der Waals surface area contributed by atoms with Gasteiger partial charge in [0.05, 0.1) is 6.17 Å². The molecular formula is C31H43N7O2. The van der Waals surface area contributed by atoms with Crippen molar-refractivity contribution >= 4 is 16.9 Å². The lowest BCUT2D eigenvalue weighted by Crippen LogP contribution is -2.42. The number of para-hydroxylation sites is 1. The molecule has 214 valence electrons. The maximum atomic E-state index is 14.1. The Bertz CT molecular complexity index is 1530. The molecule has 4 rings (SSSR count). The maximum Gasteiger partial charge on any atom is 0.332 e. The highest BCUT2D eigenvalue weighted by Crippen LogP contribution is 2.24. The third-order valence-corrected chi connectivity index (χ3v) is 7.70. The summed E-state index contributed by atoms with van der Waals surface area (Å²) in [6.45, 7) is 9.50. The van der Waals surface area contributed by atoms with E-state index in [9.17, 15) is 9.59 Å². The molecule has 0 aliphatic rings. The predicted octanol–water partition coefficient (Wildman–Crippen LogP) is 3.59. The van der Waals surface area contributed by atoms with Crippen LogP contribution in [0.25, 0.3) is 11.2 Å². The molecule has 1 unspecified atom stereocenters. The highest BCUT2D eigenvalue weighted by Gasteiger charge is 2.26. The van der Waals surface area contributed by atoms with Gasteiger partial charge in [-0.05, 0) is 70.7 Å². The van der Waals surface area contributed by atoms with E-state index >= 15 is 0 Å². The number of anilines is 1. The van der Waals surface area contributed by atoms with E-state index in [1.165, 1.54) is 4.57 Å². The molecule has 0 spiro atoms. The van der Waals surface area contributed by atoms with Gasteiger partial charge in [0, 0.05) is 25.2 Å². The van der Waals surface area contributed by atoms with E-state index in [1.54, 1.807) is 4.57 Å². The van der Waals surface area contributed by atoms with Gasteiger partial charge in [0.15, 0.2) is 11.2 Å². The first-order valence-corrected chi connectivity index (χ1v) is 14.3. The van der Waals surface area contributed by atoms with E-state index < -0.39 is 0 Å². The summed E-state index contributed by atoms with van der Waals surface area (Å²) in [6.07, 6.45) is 1.69. The van der Waals surface area contributed by atoms with Crippen LogP contribution in [0.3, 0.4) is 0 Å². The molecule has 40 heavy (non-hydrogen) atoms. The summed E-state index contributed by atoms with van der Waals surface area (Å²) in [5, 5.41) is 0. The Morgan fingerprint density at radius 2 is 1.60 bits per heavy atom. The Hall–Kier alpha value is -3.69. The van der Waals surface area contributed by atoms with Crippen LogP contribution in [-0.4, -0.2) is 62.2 Å². The van der Waals surface area contributed by atoms with Gasteiger partial charge in [-0.3, -0.25) is 18.8 Å². The molecule has 0 saturated carbocycles. The zero-order chi connectivity index (χ0) is 28.8. The summed E-state index contributed by atoms with van der Waals surface area (Å²) in [4.78, 5) is 37.4. The summed E-state index contributed by atoms with van der Waals surface area (Å²) >= 11 is 0. The molecule has 4 aromatic rings. The standard InChI is InChI=1S/C31H43N7O2/c1-6-35(7-2)23(3)38-27(22-24-14-9-8-10-15-24)33-29-28(38)30(39)37(20-13-19-34(4)5)31(40)36(29)21-18-25-16-11-12-17-26(25)32/h8-12,14-17,23H,6-7,13,18-22,32H2,1-5H3. The fourth-order valence-electron chi connectivity index (χ4n) is 5.46. The van der Waals surface area contributed by atoms with Crippen LogP contribution in [0.2, 0.25) is 0 Å². The molecule has 0 saturated heterocycles. The van der Waals surface area contributed by atoms with Gasteiger partial charge >= 0.3 is 5.69 Å². The minimum absolute atomic E-state index is 0.114. The van der Waals surface area contributed by atoms with Gasteiger partial charge in [-0.1, -0.05) is 62.4 Å². The zero-order valence-electron chi connectivity index (χ0n) is 24.5. The monoisotopic (exact) mass is 545 g/mol. The van der Waals surface area contributed by atoms with Crippen molar-refractivity contribution in [1.29, 1.82) is 0 Å². The van der Waals surface area contributed by atoms with E-state index in [0.717, 1.165) is 36.6 Å². The average Bonchev–Trinajstić information content (AvgIpc) is 3.31. The number of aromatic nitrogens is 4. The molecule has 9 heteroatoms. The smallest absolute Gasteiger partial charge is 0.332 e. The number of benzene rings is 2. The Kier molecular flexibility index (Phi) is 9.60. The van der Waals surface area contributed by atoms with Crippen LogP contribution in [0.15, 0.2) is 64.2 Å². The number of imidazole rings is 1. The molecule has 2 heterocycles. The van der Waals surface area contributed by atoms with E-state index in [-0.39, 0.29) is 17.4 Å².